The van der Waals surface area contributed by atoms with Crippen molar-refractivity contribution < 1.29 is 9.90 Å². The van der Waals surface area contributed by atoms with E-state index in [0.29, 0.717) is 18.2 Å². The maximum atomic E-state index is 11.9. The van der Waals surface area contributed by atoms with Gasteiger partial charge in [-0.15, -0.1) is 0 Å². The summed E-state index contributed by atoms with van der Waals surface area (Å²) in [6.45, 7) is 7.75. The van der Waals surface area contributed by atoms with Crippen molar-refractivity contribution in [2.45, 2.75) is 33.2 Å². The Bertz CT molecular complexity index is 430. The first-order valence-electron chi connectivity index (χ1n) is 6.70. The fraction of sp³-hybridized carbons (Fsp3) is 0.533. The second kappa shape index (κ2) is 7.14. The zero-order valence-corrected chi connectivity index (χ0v) is 12.2. The molecule has 0 spiro atoms. The molecule has 1 amide bonds. The number of phenols is 1. The van der Waals surface area contributed by atoms with Crippen LogP contribution < -0.4 is 5.32 Å². The summed E-state index contributed by atoms with van der Waals surface area (Å²) < 4.78 is 0. The molecule has 0 heterocycles. The molecule has 4 nitrogen and oxygen atoms in total. The van der Waals surface area contributed by atoms with Crippen molar-refractivity contribution in [1.29, 1.82) is 0 Å². The Labute approximate surface area is 115 Å². The highest BCUT2D eigenvalue weighted by atomic mass is 16.3. The van der Waals surface area contributed by atoms with Gasteiger partial charge in [0, 0.05) is 18.2 Å². The molecule has 1 aromatic rings. The smallest absolute Gasteiger partial charge is 0.251 e. The molecule has 0 radical (unpaired) electrons. The summed E-state index contributed by atoms with van der Waals surface area (Å²) in [5.41, 5.74) is 1.41. The van der Waals surface area contributed by atoms with Gasteiger partial charge in [-0.2, -0.15) is 0 Å². The second-order valence-corrected chi connectivity index (χ2v) is 5.18. The van der Waals surface area contributed by atoms with Crippen LogP contribution in [0, 0.1) is 6.92 Å². The summed E-state index contributed by atoms with van der Waals surface area (Å²) in [5, 5.41) is 12.2. The highest BCUT2D eigenvalue weighted by molar-refractivity contribution is 5.95. The van der Waals surface area contributed by atoms with Crippen LogP contribution in [0.5, 0.6) is 5.75 Å². The number of carbonyl (C=O) groups is 1. The number of hydrogen-bond acceptors (Lipinski definition) is 3. The van der Waals surface area contributed by atoms with Crippen molar-refractivity contribution in [1.82, 2.24) is 10.2 Å². The summed E-state index contributed by atoms with van der Waals surface area (Å²) >= 11 is 0. The van der Waals surface area contributed by atoms with Crippen LogP contribution in [0.15, 0.2) is 18.2 Å². The van der Waals surface area contributed by atoms with Crippen molar-refractivity contribution in [3.05, 3.63) is 29.3 Å². The van der Waals surface area contributed by atoms with E-state index in [-0.39, 0.29) is 11.7 Å². The zero-order chi connectivity index (χ0) is 14.4. The molecule has 1 rings (SSSR count). The third kappa shape index (κ3) is 4.91. The molecule has 0 saturated carbocycles. The van der Waals surface area contributed by atoms with Gasteiger partial charge in [0.15, 0.2) is 0 Å². The van der Waals surface area contributed by atoms with Gasteiger partial charge in [-0.1, -0.05) is 0 Å². The van der Waals surface area contributed by atoms with E-state index in [0.717, 1.165) is 18.5 Å². The number of nitrogens with zero attached hydrogens (tertiary/aromatic N) is 1. The minimum Gasteiger partial charge on any atom is -0.508 e. The summed E-state index contributed by atoms with van der Waals surface area (Å²) in [6, 6.07) is 5.31. The summed E-state index contributed by atoms with van der Waals surface area (Å²) in [5.74, 6) is 0.109. The van der Waals surface area contributed by atoms with Gasteiger partial charge in [0.2, 0.25) is 0 Å². The van der Waals surface area contributed by atoms with Crippen LogP contribution in [0.3, 0.4) is 0 Å². The topological polar surface area (TPSA) is 52.6 Å². The normalized spacial score (nSPS) is 11.1. The largest absolute Gasteiger partial charge is 0.508 e. The molecule has 2 N–H and O–H groups in total. The first kappa shape index (κ1) is 15.5. The highest BCUT2D eigenvalue weighted by Crippen LogP contribution is 2.15. The quantitative estimate of drug-likeness (QED) is 0.774. The molecule has 0 aliphatic carbocycles. The number of aromatic hydroxyl groups is 1. The lowest BCUT2D eigenvalue weighted by Crippen LogP contribution is -2.31. The summed E-state index contributed by atoms with van der Waals surface area (Å²) in [7, 11) is 2.08. The average molecular weight is 264 g/mol. The Morgan fingerprint density at radius 3 is 2.68 bits per heavy atom. The van der Waals surface area contributed by atoms with Crippen LogP contribution in [0.1, 0.15) is 36.2 Å². The molecule has 0 fully saturated rings. The van der Waals surface area contributed by atoms with E-state index < -0.39 is 0 Å². The Kier molecular flexibility index (Phi) is 5.83. The van der Waals surface area contributed by atoms with Crippen molar-refractivity contribution in [3.63, 3.8) is 0 Å². The molecule has 0 aliphatic heterocycles. The van der Waals surface area contributed by atoms with E-state index in [1.165, 1.54) is 6.07 Å². The van der Waals surface area contributed by atoms with E-state index >= 15 is 0 Å². The first-order chi connectivity index (χ1) is 8.91. The Balaban J connectivity index is 2.39. The predicted molar refractivity (Wildman–Crippen MR) is 77.6 cm³/mol. The molecule has 4 heteroatoms. The Hall–Kier alpha value is -1.55. The van der Waals surface area contributed by atoms with Crippen LogP contribution in [-0.2, 0) is 0 Å². The van der Waals surface area contributed by atoms with Gasteiger partial charge in [0.05, 0.1) is 0 Å². The fourth-order valence-corrected chi connectivity index (χ4v) is 1.79. The number of aryl methyl sites for hydroxylation is 1. The third-order valence-electron chi connectivity index (χ3n) is 3.31. The van der Waals surface area contributed by atoms with Crippen molar-refractivity contribution in [2.75, 3.05) is 20.1 Å². The number of nitrogens with one attached hydrogen (secondary N) is 1. The van der Waals surface area contributed by atoms with E-state index in [9.17, 15) is 9.90 Å². The van der Waals surface area contributed by atoms with Crippen LogP contribution in [0.25, 0.3) is 0 Å². The van der Waals surface area contributed by atoms with Gasteiger partial charge in [-0.3, -0.25) is 4.79 Å². The van der Waals surface area contributed by atoms with Gasteiger partial charge in [-0.05, 0) is 64.5 Å². The SMILES string of the molecule is Cc1cc(O)ccc1C(=O)NCCCN(C)C(C)C. The number of rotatable bonds is 6. The number of amides is 1. The number of carbonyl (C=O) groups excluding carboxylic acids is 1. The maximum absolute atomic E-state index is 11.9. The van der Waals surface area contributed by atoms with Gasteiger partial charge in [-0.25, -0.2) is 0 Å². The number of hydrogen-bond donors (Lipinski definition) is 2. The molecule has 106 valence electrons. The molecule has 0 aromatic heterocycles. The summed E-state index contributed by atoms with van der Waals surface area (Å²) in [6.07, 6.45) is 0.928. The van der Waals surface area contributed by atoms with E-state index in [4.69, 9.17) is 0 Å². The van der Waals surface area contributed by atoms with Crippen molar-refractivity contribution >= 4 is 5.91 Å². The van der Waals surface area contributed by atoms with Crippen LogP contribution >= 0.6 is 0 Å². The predicted octanol–water partition coefficient (Wildman–Crippen LogP) is 2.16. The third-order valence-corrected chi connectivity index (χ3v) is 3.31. The molecule has 0 saturated heterocycles. The van der Waals surface area contributed by atoms with Crippen molar-refractivity contribution in [3.8, 4) is 5.75 Å². The van der Waals surface area contributed by atoms with Crippen LogP contribution in [-0.4, -0.2) is 42.1 Å². The zero-order valence-electron chi connectivity index (χ0n) is 12.2. The number of benzene rings is 1. The lowest BCUT2D eigenvalue weighted by atomic mass is 10.1. The van der Waals surface area contributed by atoms with E-state index in [1.54, 1.807) is 12.1 Å². The molecule has 0 unspecified atom stereocenters. The van der Waals surface area contributed by atoms with Gasteiger partial charge >= 0.3 is 0 Å². The molecule has 1 aromatic carbocycles. The van der Waals surface area contributed by atoms with E-state index in [1.807, 2.05) is 6.92 Å². The molecule has 0 aliphatic rings. The summed E-state index contributed by atoms with van der Waals surface area (Å²) in [4.78, 5) is 14.2. The first-order valence-corrected chi connectivity index (χ1v) is 6.70. The molecule has 19 heavy (non-hydrogen) atoms. The van der Waals surface area contributed by atoms with Gasteiger partial charge in [0.1, 0.15) is 5.75 Å². The molecule has 0 bridgehead atoms. The minimum atomic E-state index is -0.0790. The van der Waals surface area contributed by atoms with E-state index in [2.05, 4.69) is 31.1 Å². The standard InChI is InChI=1S/C15H24N2O2/c1-11(2)17(4)9-5-8-16-15(19)14-7-6-13(18)10-12(14)3/h6-7,10-11,18H,5,8-9H2,1-4H3,(H,16,19). The molecular weight excluding hydrogens is 240 g/mol. The monoisotopic (exact) mass is 264 g/mol. The minimum absolute atomic E-state index is 0.0790. The Morgan fingerprint density at radius 2 is 2.11 bits per heavy atom. The maximum Gasteiger partial charge on any atom is 0.251 e. The van der Waals surface area contributed by atoms with Gasteiger partial charge in [0.25, 0.3) is 5.91 Å². The lowest BCUT2D eigenvalue weighted by Gasteiger charge is -2.20. The average Bonchev–Trinajstić information content (AvgIpc) is 2.33. The van der Waals surface area contributed by atoms with Crippen LogP contribution in [0.4, 0.5) is 0 Å². The number of phenolic OH excluding ortho intramolecular Hbond substituents is 1. The molecular formula is C15H24N2O2. The lowest BCUT2D eigenvalue weighted by molar-refractivity contribution is 0.0951. The van der Waals surface area contributed by atoms with Crippen molar-refractivity contribution in [2.24, 2.45) is 0 Å². The highest BCUT2D eigenvalue weighted by Gasteiger charge is 2.09. The van der Waals surface area contributed by atoms with Gasteiger partial charge < -0.3 is 15.3 Å². The molecule has 0 atom stereocenters. The second-order valence-electron chi connectivity index (χ2n) is 5.18. The fourth-order valence-electron chi connectivity index (χ4n) is 1.79. The Morgan fingerprint density at radius 1 is 1.42 bits per heavy atom. The van der Waals surface area contributed by atoms with Crippen LogP contribution in [0.2, 0.25) is 0 Å².